The molecule has 1 unspecified atom stereocenters. The van der Waals surface area contributed by atoms with E-state index in [1.54, 1.807) is 6.20 Å². The number of para-hydroxylation sites is 1. The normalized spacial score (nSPS) is 16.3. The summed E-state index contributed by atoms with van der Waals surface area (Å²) in [7, 11) is 2.09. The van der Waals surface area contributed by atoms with E-state index in [0.29, 0.717) is 5.56 Å². The lowest BCUT2D eigenvalue weighted by molar-refractivity contribution is 0.188. The fourth-order valence-electron chi connectivity index (χ4n) is 5.49. The molecule has 194 valence electrons. The summed E-state index contributed by atoms with van der Waals surface area (Å²) in [5, 5.41) is 31.4. The molecule has 0 aliphatic carbocycles. The molecule has 0 radical (unpaired) electrons. The number of nitrogens with one attached hydrogen (secondary N) is 3. The second kappa shape index (κ2) is 9.90. The van der Waals surface area contributed by atoms with Crippen molar-refractivity contribution in [1.82, 2.24) is 29.4 Å². The Morgan fingerprint density at radius 1 is 1.13 bits per heavy atom. The minimum Gasteiger partial charge on any atom is -0.425 e. The highest BCUT2D eigenvalue weighted by molar-refractivity contribution is 6.04. The number of aromatic nitrogens is 5. The standard InChI is InChI=1S/C29H32N8O/c1-3-37-18-21(14-32-37)27-24-13-19(10-11-25(24)33-34-27)28(30)38-29(31)20-7-6-12-36(16-20)17-22-15-35(2)26-9-5-4-8-23(22)26/h4-5,8-11,13-15,18,20,30-31H,3,6-7,12,16-17H2,1-2H3,(H,33,34). The van der Waals surface area contributed by atoms with Crippen molar-refractivity contribution in [2.45, 2.75) is 32.9 Å². The van der Waals surface area contributed by atoms with E-state index in [9.17, 15) is 0 Å². The van der Waals surface area contributed by atoms with Gasteiger partial charge in [-0.15, -0.1) is 0 Å². The highest BCUT2D eigenvalue weighted by Crippen LogP contribution is 2.28. The molecule has 1 aliphatic heterocycles. The molecule has 1 aliphatic rings. The summed E-state index contributed by atoms with van der Waals surface area (Å²) < 4.78 is 9.87. The van der Waals surface area contributed by atoms with E-state index in [1.165, 1.54) is 16.5 Å². The number of nitrogens with zero attached hydrogens (tertiary/aromatic N) is 5. The average Bonchev–Trinajstić information content (AvgIpc) is 3.66. The molecule has 0 spiro atoms. The van der Waals surface area contributed by atoms with Crippen LogP contribution in [0, 0.1) is 16.7 Å². The Bertz CT molecular complexity index is 1640. The van der Waals surface area contributed by atoms with E-state index in [0.717, 1.165) is 61.2 Å². The number of piperidine rings is 1. The molecular weight excluding hydrogens is 476 g/mol. The number of ether oxygens (including phenoxy) is 1. The van der Waals surface area contributed by atoms with Crippen LogP contribution in [-0.2, 0) is 24.9 Å². The molecule has 38 heavy (non-hydrogen) atoms. The number of aryl methyl sites for hydroxylation is 2. The van der Waals surface area contributed by atoms with Crippen molar-refractivity contribution in [2.24, 2.45) is 13.0 Å². The third-order valence-corrected chi connectivity index (χ3v) is 7.52. The van der Waals surface area contributed by atoms with Crippen molar-refractivity contribution < 1.29 is 4.74 Å². The Balaban J connectivity index is 1.14. The van der Waals surface area contributed by atoms with Crippen LogP contribution >= 0.6 is 0 Å². The molecule has 9 heteroatoms. The third-order valence-electron chi connectivity index (χ3n) is 7.52. The predicted octanol–water partition coefficient (Wildman–Crippen LogP) is 5.17. The van der Waals surface area contributed by atoms with E-state index >= 15 is 0 Å². The Morgan fingerprint density at radius 3 is 2.84 bits per heavy atom. The number of hydrogen-bond donors (Lipinski definition) is 3. The van der Waals surface area contributed by atoms with Gasteiger partial charge in [-0.2, -0.15) is 10.2 Å². The molecule has 5 aromatic rings. The van der Waals surface area contributed by atoms with Crippen LogP contribution < -0.4 is 0 Å². The molecule has 3 aromatic heterocycles. The van der Waals surface area contributed by atoms with Gasteiger partial charge in [0.25, 0.3) is 0 Å². The van der Waals surface area contributed by atoms with Crippen LogP contribution in [-0.4, -0.2) is 54.3 Å². The van der Waals surface area contributed by atoms with Crippen LogP contribution in [0.25, 0.3) is 33.1 Å². The van der Waals surface area contributed by atoms with Crippen molar-refractivity contribution in [3.8, 4) is 11.3 Å². The zero-order chi connectivity index (χ0) is 26.2. The van der Waals surface area contributed by atoms with Gasteiger partial charge in [0.2, 0.25) is 5.90 Å². The van der Waals surface area contributed by atoms with Crippen molar-refractivity contribution >= 4 is 33.6 Å². The number of rotatable bonds is 6. The molecule has 1 saturated heterocycles. The van der Waals surface area contributed by atoms with Gasteiger partial charge in [0.1, 0.15) is 5.69 Å². The number of likely N-dealkylation sites (tertiary alicyclic amines) is 1. The van der Waals surface area contributed by atoms with E-state index in [-0.39, 0.29) is 17.7 Å². The van der Waals surface area contributed by atoms with Crippen LogP contribution in [0.1, 0.15) is 30.9 Å². The van der Waals surface area contributed by atoms with Crippen molar-refractivity contribution in [3.63, 3.8) is 0 Å². The van der Waals surface area contributed by atoms with Crippen LogP contribution in [0.3, 0.4) is 0 Å². The second-order valence-electron chi connectivity index (χ2n) is 10.1. The van der Waals surface area contributed by atoms with Crippen molar-refractivity contribution in [1.29, 1.82) is 10.8 Å². The van der Waals surface area contributed by atoms with Crippen LogP contribution in [0.5, 0.6) is 0 Å². The predicted molar refractivity (Wildman–Crippen MR) is 150 cm³/mol. The molecule has 4 heterocycles. The van der Waals surface area contributed by atoms with Crippen molar-refractivity contribution in [2.75, 3.05) is 13.1 Å². The molecule has 9 nitrogen and oxygen atoms in total. The molecule has 3 N–H and O–H groups in total. The number of fused-ring (bicyclic) bond motifs is 2. The third kappa shape index (κ3) is 4.50. The van der Waals surface area contributed by atoms with E-state index in [4.69, 9.17) is 15.6 Å². The maximum Gasteiger partial charge on any atom is 0.220 e. The molecule has 0 saturated carbocycles. The zero-order valence-corrected chi connectivity index (χ0v) is 21.7. The quantitative estimate of drug-likeness (QED) is 0.217. The lowest BCUT2D eigenvalue weighted by Crippen LogP contribution is -2.39. The van der Waals surface area contributed by atoms with Crippen LogP contribution in [0.2, 0.25) is 0 Å². The van der Waals surface area contributed by atoms with Crippen LogP contribution in [0.4, 0.5) is 0 Å². The summed E-state index contributed by atoms with van der Waals surface area (Å²) in [6.45, 7) is 5.42. The van der Waals surface area contributed by atoms with Gasteiger partial charge in [-0.05, 0) is 56.1 Å². The largest absolute Gasteiger partial charge is 0.425 e. The maximum absolute atomic E-state index is 8.68. The summed E-state index contributed by atoms with van der Waals surface area (Å²) in [5.41, 5.74) is 5.75. The summed E-state index contributed by atoms with van der Waals surface area (Å²) in [5.74, 6) is 0.112. The lowest BCUT2D eigenvalue weighted by Gasteiger charge is -2.32. The van der Waals surface area contributed by atoms with E-state index in [1.807, 2.05) is 36.0 Å². The minimum atomic E-state index is -0.0350. The first-order chi connectivity index (χ1) is 18.5. The summed E-state index contributed by atoms with van der Waals surface area (Å²) in [4.78, 5) is 2.40. The zero-order valence-electron chi connectivity index (χ0n) is 21.7. The highest BCUT2D eigenvalue weighted by atomic mass is 16.5. The van der Waals surface area contributed by atoms with Crippen LogP contribution in [0.15, 0.2) is 61.1 Å². The topological polar surface area (TPSA) is 112 Å². The Kier molecular flexibility index (Phi) is 6.29. The Morgan fingerprint density at radius 2 is 2.00 bits per heavy atom. The maximum atomic E-state index is 8.68. The molecule has 1 fully saturated rings. The fourth-order valence-corrected chi connectivity index (χ4v) is 5.49. The number of H-pyrrole nitrogens is 1. The van der Waals surface area contributed by atoms with Gasteiger partial charge in [0, 0.05) is 72.4 Å². The summed E-state index contributed by atoms with van der Waals surface area (Å²) in [6.07, 6.45) is 7.87. The minimum absolute atomic E-state index is 0.0144. The molecule has 0 amide bonds. The molecule has 0 bridgehead atoms. The summed E-state index contributed by atoms with van der Waals surface area (Å²) >= 11 is 0. The van der Waals surface area contributed by atoms with Gasteiger partial charge in [-0.1, -0.05) is 18.2 Å². The van der Waals surface area contributed by atoms with Gasteiger partial charge >= 0.3 is 0 Å². The lowest BCUT2D eigenvalue weighted by atomic mass is 9.97. The number of benzene rings is 2. The molecule has 1 atom stereocenters. The Hall–Kier alpha value is -4.24. The van der Waals surface area contributed by atoms with Gasteiger partial charge in [-0.25, -0.2) is 0 Å². The Labute approximate surface area is 221 Å². The van der Waals surface area contributed by atoms with Gasteiger partial charge in [0.15, 0.2) is 5.90 Å². The number of hydrogen-bond acceptors (Lipinski definition) is 6. The molecular formula is C29H32N8O. The first kappa shape index (κ1) is 24.1. The summed E-state index contributed by atoms with van der Waals surface area (Å²) in [6, 6.07) is 14.1. The highest BCUT2D eigenvalue weighted by Gasteiger charge is 2.26. The monoisotopic (exact) mass is 508 g/mol. The molecule has 6 rings (SSSR count). The van der Waals surface area contributed by atoms with Crippen molar-refractivity contribution in [3.05, 3.63) is 72.2 Å². The van der Waals surface area contributed by atoms with Gasteiger partial charge in [-0.3, -0.25) is 25.5 Å². The van der Waals surface area contributed by atoms with E-state index < -0.39 is 0 Å². The van der Waals surface area contributed by atoms with Gasteiger partial charge in [0.05, 0.1) is 11.7 Å². The fraction of sp³-hybridized carbons (Fsp3) is 0.310. The smallest absolute Gasteiger partial charge is 0.220 e. The number of aromatic amines is 1. The first-order valence-corrected chi connectivity index (χ1v) is 13.1. The average molecular weight is 509 g/mol. The van der Waals surface area contributed by atoms with Gasteiger partial charge < -0.3 is 9.30 Å². The van der Waals surface area contributed by atoms with E-state index in [2.05, 4.69) is 62.3 Å². The molecule has 2 aromatic carbocycles. The second-order valence-corrected chi connectivity index (χ2v) is 10.1. The first-order valence-electron chi connectivity index (χ1n) is 13.1. The SMILES string of the molecule is CCn1cc(-c2n[nH]c3ccc(C(=N)OC(=N)C4CCCN(Cc5cn(C)c6ccccc56)C4)cc23)cn1.